The van der Waals surface area contributed by atoms with Crippen LogP contribution >= 0.6 is 12.6 Å². The van der Waals surface area contributed by atoms with Gasteiger partial charge < -0.3 is 16.2 Å². The molecule has 1 rings (SSSR count). The Bertz CT molecular complexity index is 209. The number of nitrogens with zero attached hydrogens (tertiary/aromatic N) is 1. The molecule has 6 N–H and O–H groups in total. The SMILES string of the molecule is NC1=C(S)NC(N)(O)N=C1. The molecule has 1 heterocycles. The Morgan fingerprint density at radius 3 is 2.80 bits per heavy atom. The van der Waals surface area contributed by atoms with Crippen molar-refractivity contribution >= 4 is 18.8 Å². The summed E-state index contributed by atoms with van der Waals surface area (Å²) in [6, 6.07) is 0. The van der Waals surface area contributed by atoms with Gasteiger partial charge in [-0.2, -0.15) is 0 Å². The number of aliphatic hydroxyl groups is 1. The molecule has 0 fully saturated rings. The van der Waals surface area contributed by atoms with Gasteiger partial charge in [0.25, 0.3) is 5.97 Å². The predicted octanol–water partition coefficient (Wildman–Crippen LogP) is -1.72. The Morgan fingerprint density at radius 2 is 2.40 bits per heavy atom. The van der Waals surface area contributed by atoms with E-state index in [4.69, 9.17) is 16.6 Å². The molecule has 0 bridgehead atoms. The van der Waals surface area contributed by atoms with E-state index in [0.29, 0.717) is 10.7 Å². The molecule has 0 saturated heterocycles. The summed E-state index contributed by atoms with van der Waals surface area (Å²) >= 11 is 3.88. The first kappa shape index (κ1) is 7.39. The van der Waals surface area contributed by atoms with E-state index >= 15 is 0 Å². The molecule has 1 aliphatic heterocycles. The van der Waals surface area contributed by atoms with Crippen molar-refractivity contribution in [1.29, 1.82) is 0 Å². The minimum atomic E-state index is -1.76. The molecule has 6 heteroatoms. The molecule has 0 spiro atoms. The summed E-state index contributed by atoms with van der Waals surface area (Å²) in [6.45, 7) is 0. The van der Waals surface area contributed by atoms with Crippen LogP contribution in [0.2, 0.25) is 0 Å². The number of thiol groups is 1. The van der Waals surface area contributed by atoms with Gasteiger partial charge in [0.05, 0.1) is 16.9 Å². The zero-order valence-corrected chi connectivity index (χ0v) is 5.97. The van der Waals surface area contributed by atoms with Crippen LogP contribution < -0.4 is 16.8 Å². The molecule has 56 valence electrons. The summed E-state index contributed by atoms with van der Waals surface area (Å²) in [5.41, 5.74) is 10.8. The number of nitrogens with two attached hydrogens (primary N) is 2. The summed E-state index contributed by atoms with van der Waals surface area (Å²) in [4.78, 5) is 3.46. The molecule has 0 aromatic rings. The van der Waals surface area contributed by atoms with Gasteiger partial charge in [0.2, 0.25) is 0 Å². The van der Waals surface area contributed by atoms with Crippen LogP contribution in [0.15, 0.2) is 15.7 Å². The molecule has 5 nitrogen and oxygen atoms in total. The van der Waals surface area contributed by atoms with Crippen molar-refractivity contribution in [3.63, 3.8) is 0 Å². The zero-order valence-electron chi connectivity index (χ0n) is 5.07. The lowest BCUT2D eigenvalue weighted by atomic mass is 10.4. The number of aliphatic imine (C=N–C) groups is 1. The van der Waals surface area contributed by atoms with Crippen LogP contribution in [-0.4, -0.2) is 17.3 Å². The van der Waals surface area contributed by atoms with E-state index in [1.807, 2.05) is 0 Å². The van der Waals surface area contributed by atoms with Gasteiger partial charge in [0, 0.05) is 0 Å². The summed E-state index contributed by atoms with van der Waals surface area (Å²) in [5, 5.41) is 11.7. The first-order valence-electron chi connectivity index (χ1n) is 2.55. The number of rotatable bonds is 0. The Balaban J connectivity index is 2.85. The highest BCUT2D eigenvalue weighted by Crippen LogP contribution is 2.08. The number of nitrogens with one attached hydrogen (secondary N) is 1. The smallest absolute Gasteiger partial charge is 0.295 e. The summed E-state index contributed by atoms with van der Waals surface area (Å²) in [6.07, 6.45) is 1.25. The van der Waals surface area contributed by atoms with E-state index in [9.17, 15) is 0 Å². The molecule has 10 heavy (non-hydrogen) atoms. The van der Waals surface area contributed by atoms with E-state index in [1.54, 1.807) is 0 Å². The average molecular weight is 160 g/mol. The van der Waals surface area contributed by atoms with Crippen LogP contribution in [-0.2, 0) is 0 Å². The molecule has 0 aromatic heterocycles. The van der Waals surface area contributed by atoms with Crippen LogP contribution in [0, 0.1) is 0 Å². The van der Waals surface area contributed by atoms with Crippen LogP contribution in [0.25, 0.3) is 0 Å². The third kappa shape index (κ3) is 1.41. The Kier molecular flexibility index (Phi) is 1.59. The van der Waals surface area contributed by atoms with Crippen molar-refractivity contribution in [3.8, 4) is 0 Å². The molecular formula is C4H8N4OS. The molecule has 0 saturated carbocycles. The van der Waals surface area contributed by atoms with E-state index in [-0.39, 0.29) is 0 Å². The fourth-order valence-corrected chi connectivity index (χ4v) is 0.730. The summed E-state index contributed by atoms with van der Waals surface area (Å²) < 4.78 is 0. The zero-order chi connectivity index (χ0) is 7.78. The quantitative estimate of drug-likeness (QED) is 0.215. The molecule has 0 aromatic carbocycles. The number of allylic oxidation sites excluding steroid dienone is 1. The van der Waals surface area contributed by atoms with Gasteiger partial charge in [-0.1, -0.05) is 0 Å². The van der Waals surface area contributed by atoms with Gasteiger partial charge in [-0.25, -0.2) is 4.99 Å². The average Bonchev–Trinajstić information content (AvgIpc) is 1.79. The van der Waals surface area contributed by atoms with Gasteiger partial charge in [-0.15, -0.1) is 12.6 Å². The van der Waals surface area contributed by atoms with Crippen LogP contribution in [0.5, 0.6) is 0 Å². The standard InChI is InChI=1S/C4H8N4OS/c5-2-1-7-4(6,9)8-3(2)10/h1,8-10H,5-6H2. The van der Waals surface area contributed by atoms with E-state index in [2.05, 4.69) is 22.9 Å². The third-order valence-corrected chi connectivity index (χ3v) is 1.35. The minimum Gasteiger partial charge on any atom is -0.395 e. The monoisotopic (exact) mass is 160 g/mol. The predicted molar refractivity (Wildman–Crippen MR) is 41.0 cm³/mol. The molecule has 1 aliphatic rings. The van der Waals surface area contributed by atoms with Gasteiger partial charge in [0.1, 0.15) is 0 Å². The van der Waals surface area contributed by atoms with Crippen molar-refractivity contribution in [1.82, 2.24) is 5.32 Å². The summed E-state index contributed by atoms with van der Waals surface area (Å²) in [5.74, 6) is -1.76. The van der Waals surface area contributed by atoms with Crippen molar-refractivity contribution in [2.75, 3.05) is 0 Å². The molecule has 0 radical (unpaired) electrons. The third-order valence-electron chi connectivity index (χ3n) is 0.976. The highest BCUT2D eigenvalue weighted by molar-refractivity contribution is 7.84. The van der Waals surface area contributed by atoms with Crippen molar-refractivity contribution in [3.05, 3.63) is 10.7 Å². The van der Waals surface area contributed by atoms with Gasteiger partial charge in [0.15, 0.2) is 0 Å². The highest BCUT2D eigenvalue weighted by atomic mass is 32.1. The van der Waals surface area contributed by atoms with Gasteiger partial charge >= 0.3 is 0 Å². The lowest BCUT2D eigenvalue weighted by Crippen LogP contribution is -2.53. The van der Waals surface area contributed by atoms with E-state index in [0.717, 1.165) is 0 Å². The van der Waals surface area contributed by atoms with Gasteiger partial charge in [-0.05, 0) is 0 Å². The highest BCUT2D eigenvalue weighted by Gasteiger charge is 2.22. The van der Waals surface area contributed by atoms with Crippen LogP contribution in [0.4, 0.5) is 0 Å². The topological polar surface area (TPSA) is 96.7 Å². The lowest BCUT2D eigenvalue weighted by molar-refractivity contribution is 0.0326. The second kappa shape index (κ2) is 2.15. The maximum Gasteiger partial charge on any atom is 0.295 e. The Hall–Kier alpha value is -0.720. The maximum absolute atomic E-state index is 8.99. The van der Waals surface area contributed by atoms with E-state index < -0.39 is 5.97 Å². The van der Waals surface area contributed by atoms with Crippen LogP contribution in [0.3, 0.4) is 0 Å². The van der Waals surface area contributed by atoms with Gasteiger partial charge in [-0.3, -0.25) is 5.73 Å². The van der Waals surface area contributed by atoms with Crippen molar-refractivity contribution in [2.24, 2.45) is 16.5 Å². The number of hydrogen-bond donors (Lipinski definition) is 5. The minimum absolute atomic E-state index is 0.319. The second-order valence-electron chi connectivity index (χ2n) is 1.91. The normalized spacial score (nSPS) is 32.3. The molecule has 0 amide bonds. The van der Waals surface area contributed by atoms with Crippen molar-refractivity contribution in [2.45, 2.75) is 5.97 Å². The molecular weight excluding hydrogens is 152 g/mol. The largest absolute Gasteiger partial charge is 0.395 e. The van der Waals surface area contributed by atoms with Crippen molar-refractivity contribution < 1.29 is 5.11 Å². The Labute approximate surface area is 63.2 Å². The molecule has 0 aliphatic carbocycles. The fourth-order valence-electron chi connectivity index (χ4n) is 0.508. The fraction of sp³-hybridized carbons (Fsp3) is 0.250. The summed E-state index contributed by atoms with van der Waals surface area (Å²) in [7, 11) is 0. The molecule has 1 atom stereocenters. The number of hydrogen-bond acceptors (Lipinski definition) is 6. The van der Waals surface area contributed by atoms with Crippen LogP contribution in [0.1, 0.15) is 0 Å². The lowest BCUT2D eigenvalue weighted by Gasteiger charge is -2.24. The Morgan fingerprint density at radius 1 is 1.80 bits per heavy atom. The second-order valence-corrected chi connectivity index (χ2v) is 2.36. The molecule has 1 unspecified atom stereocenters. The first-order valence-corrected chi connectivity index (χ1v) is 2.99. The maximum atomic E-state index is 8.99. The van der Waals surface area contributed by atoms with E-state index in [1.165, 1.54) is 6.21 Å². The first-order chi connectivity index (χ1) is 4.51.